The largest absolute Gasteiger partial charge is 0.496 e. The number of anilines is 1. The van der Waals surface area contributed by atoms with Crippen LogP contribution in [0.5, 0.6) is 5.75 Å². The van der Waals surface area contributed by atoms with Crippen LogP contribution in [-0.4, -0.2) is 30.3 Å². The molecule has 1 atom stereocenters. The Bertz CT molecular complexity index is 1240. The van der Waals surface area contributed by atoms with Crippen molar-refractivity contribution in [2.75, 3.05) is 19.0 Å². The number of carbonyl (C=O) groups is 1. The van der Waals surface area contributed by atoms with Crippen molar-refractivity contribution >= 4 is 11.7 Å². The third-order valence-corrected chi connectivity index (χ3v) is 6.58. The molecular weight excluding hydrogens is 445 g/mol. The number of aryl methyl sites for hydroxylation is 1. The molecule has 3 aromatic rings. The monoisotopic (exact) mass is 477 g/mol. The Morgan fingerprint density at radius 1 is 1.11 bits per heavy atom. The lowest BCUT2D eigenvalue weighted by Crippen LogP contribution is -2.44. The number of methoxy groups -OCH3 is 1. The summed E-state index contributed by atoms with van der Waals surface area (Å²) in [5, 5.41) is 15.4. The Morgan fingerprint density at radius 3 is 2.66 bits per heavy atom. The molecule has 1 heterocycles. The number of fused-ring (bicyclic) bond motifs is 1. The first-order valence-corrected chi connectivity index (χ1v) is 11.7. The second kappa shape index (κ2) is 9.70. The van der Waals surface area contributed by atoms with Gasteiger partial charge < -0.3 is 19.9 Å². The van der Waals surface area contributed by atoms with Gasteiger partial charge in [-0.05, 0) is 60.7 Å². The van der Waals surface area contributed by atoms with Crippen LogP contribution in [0.3, 0.4) is 0 Å². The van der Waals surface area contributed by atoms with Crippen LogP contribution in [0, 0.1) is 12.7 Å². The van der Waals surface area contributed by atoms with Crippen LogP contribution in [0.25, 0.3) is 0 Å². The molecule has 6 heteroatoms. The second-order valence-corrected chi connectivity index (χ2v) is 10.1. The number of cyclic esters (lactones) is 1. The van der Waals surface area contributed by atoms with Gasteiger partial charge in [0.05, 0.1) is 18.3 Å². The molecule has 0 bridgehead atoms. The average molecular weight is 478 g/mol. The SMILES string of the molecule is COc1ccc(F)cc1C(C)(C)CC(O)(CNc1ccc2c(c1)COC2=O)Cc1cccc(C)c1. The second-order valence-electron chi connectivity index (χ2n) is 10.1. The van der Waals surface area contributed by atoms with Gasteiger partial charge in [0.15, 0.2) is 0 Å². The molecule has 1 unspecified atom stereocenters. The number of ether oxygens (including phenoxy) is 2. The van der Waals surface area contributed by atoms with Crippen molar-refractivity contribution in [1.29, 1.82) is 0 Å². The smallest absolute Gasteiger partial charge is 0.338 e. The average Bonchev–Trinajstić information content (AvgIpc) is 3.17. The predicted molar refractivity (Wildman–Crippen MR) is 134 cm³/mol. The maximum atomic E-state index is 14.2. The van der Waals surface area contributed by atoms with Crippen molar-refractivity contribution in [2.45, 2.75) is 51.2 Å². The molecule has 184 valence electrons. The third kappa shape index (κ3) is 5.65. The van der Waals surface area contributed by atoms with Crippen molar-refractivity contribution in [2.24, 2.45) is 0 Å². The molecule has 2 N–H and O–H groups in total. The zero-order valence-electron chi connectivity index (χ0n) is 20.7. The summed E-state index contributed by atoms with van der Waals surface area (Å²) in [7, 11) is 1.57. The number of hydrogen-bond donors (Lipinski definition) is 2. The summed E-state index contributed by atoms with van der Waals surface area (Å²) in [6.45, 7) is 6.52. The van der Waals surface area contributed by atoms with E-state index in [2.05, 4.69) is 11.4 Å². The number of aliphatic hydroxyl groups is 1. The lowest BCUT2D eigenvalue weighted by molar-refractivity contribution is 0.0253. The first-order valence-electron chi connectivity index (χ1n) is 11.7. The molecule has 0 saturated carbocycles. The highest BCUT2D eigenvalue weighted by Gasteiger charge is 2.37. The molecule has 5 nitrogen and oxygen atoms in total. The van der Waals surface area contributed by atoms with Crippen molar-refractivity contribution in [3.63, 3.8) is 0 Å². The van der Waals surface area contributed by atoms with Crippen LogP contribution in [0.15, 0.2) is 60.7 Å². The van der Waals surface area contributed by atoms with Crippen LogP contribution in [0.1, 0.15) is 52.9 Å². The van der Waals surface area contributed by atoms with Gasteiger partial charge in [0.2, 0.25) is 0 Å². The highest BCUT2D eigenvalue weighted by atomic mass is 19.1. The first kappa shape index (κ1) is 24.7. The highest BCUT2D eigenvalue weighted by Crippen LogP contribution is 2.39. The molecule has 0 aliphatic carbocycles. The molecule has 0 radical (unpaired) electrons. The molecular formula is C29H32FNO4. The standard InChI is InChI=1S/C29H32FNO4/c1-19-6-5-7-20(12-19)15-29(33,17-28(2,3)25-14-22(30)8-11-26(25)34-4)18-31-23-9-10-24-21(13-23)16-35-27(24)32/h5-14,31,33H,15-18H2,1-4H3. The fourth-order valence-electron chi connectivity index (χ4n) is 5.03. The van der Waals surface area contributed by atoms with Crippen molar-refractivity contribution in [3.8, 4) is 5.75 Å². The maximum Gasteiger partial charge on any atom is 0.338 e. The van der Waals surface area contributed by atoms with Gasteiger partial charge >= 0.3 is 5.97 Å². The van der Waals surface area contributed by atoms with Crippen molar-refractivity contribution < 1.29 is 23.8 Å². The van der Waals surface area contributed by atoms with Crippen LogP contribution < -0.4 is 10.1 Å². The van der Waals surface area contributed by atoms with Crippen LogP contribution in [0.2, 0.25) is 0 Å². The van der Waals surface area contributed by atoms with Crippen molar-refractivity contribution in [3.05, 3.63) is 94.3 Å². The van der Waals surface area contributed by atoms with Gasteiger partial charge in [0.25, 0.3) is 0 Å². The Kier molecular flexibility index (Phi) is 6.86. The van der Waals surface area contributed by atoms with E-state index >= 15 is 0 Å². The predicted octanol–water partition coefficient (Wildman–Crippen LogP) is 5.57. The fourth-order valence-corrected chi connectivity index (χ4v) is 5.03. The molecule has 0 spiro atoms. The zero-order chi connectivity index (χ0) is 25.2. The minimum absolute atomic E-state index is 0.254. The number of carbonyl (C=O) groups excluding carboxylic acids is 1. The maximum absolute atomic E-state index is 14.2. The number of esters is 1. The van der Waals surface area contributed by atoms with Crippen LogP contribution in [-0.2, 0) is 23.2 Å². The van der Waals surface area contributed by atoms with E-state index in [1.54, 1.807) is 19.2 Å². The van der Waals surface area contributed by atoms with Gasteiger partial charge in [-0.15, -0.1) is 0 Å². The van der Waals surface area contributed by atoms with E-state index in [1.807, 2.05) is 51.1 Å². The molecule has 0 aromatic heterocycles. The summed E-state index contributed by atoms with van der Waals surface area (Å²) in [5.74, 6) is -0.0667. The van der Waals surface area contributed by atoms with Gasteiger partial charge in [0.1, 0.15) is 18.2 Å². The summed E-state index contributed by atoms with van der Waals surface area (Å²) in [6, 6.07) is 18.0. The lowest BCUT2D eigenvalue weighted by atomic mass is 9.73. The molecule has 35 heavy (non-hydrogen) atoms. The summed E-state index contributed by atoms with van der Waals surface area (Å²) >= 11 is 0. The van der Waals surface area contributed by atoms with Gasteiger partial charge in [0, 0.05) is 29.8 Å². The molecule has 0 fully saturated rings. The molecule has 0 amide bonds. The number of rotatable bonds is 9. The Hall–Kier alpha value is -3.38. The minimum atomic E-state index is -1.17. The van der Waals surface area contributed by atoms with Gasteiger partial charge in [-0.2, -0.15) is 0 Å². The van der Waals surface area contributed by atoms with Gasteiger partial charge in [-0.3, -0.25) is 0 Å². The van der Waals surface area contributed by atoms with Gasteiger partial charge in [-0.1, -0.05) is 43.7 Å². The number of halogens is 1. The third-order valence-electron chi connectivity index (χ3n) is 6.58. The summed E-state index contributed by atoms with van der Waals surface area (Å²) in [6.07, 6.45) is 0.766. The summed E-state index contributed by atoms with van der Waals surface area (Å²) < 4.78 is 24.8. The van der Waals surface area contributed by atoms with E-state index < -0.39 is 11.0 Å². The molecule has 4 rings (SSSR count). The molecule has 1 aliphatic rings. The van der Waals surface area contributed by atoms with E-state index in [4.69, 9.17) is 9.47 Å². The van der Waals surface area contributed by atoms with Crippen molar-refractivity contribution in [1.82, 2.24) is 0 Å². The first-order chi connectivity index (χ1) is 16.6. The van der Waals surface area contributed by atoms with E-state index in [9.17, 15) is 14.3 Å². The number of nitrogens with one attached hydrogen (secondary N) is 1. The highest BCUT2D eigenvalue weighted by molar-refractivity contribution is 5.93. The number of benzene rings is 3. The topological polar surface area (TPSA) is 67.8 Å². The van der Waals surface area contributed by atoms with E-state index in [1.165, 1.54) is 12.1 Å². The van der Waals surface area contributed by atoms with E-state index in [0.717, 1.165) is 22.4 Å². The normalized spacial score (nSPS) is 14.7. The summed E-state index contributed by atoms with van der Waals surface area (Å²) in [4.78, 5) is 11.8. The van der Waals surface area contributed by atoms with Gasteiger partial charge in [-0.25, -0.2) is 9.18 Å². The quantitative estimate of drug-likeness (QED) is 0.395. The fraction of sp³-hybridized carbons (Fsp3) is 0.345. The Balaban J connectivity index is 1.62. The molecule has 0 saturated heterocycles. The zero-order valence-corrected chi connectivity index (χ0v) is 20.7. The van der Waals surface area contributed by atoms with E-state index in [0.29, 0.717) is 29.7 Å². The Labute approximate surface area is 205 Å². The lowest BCUT2D eigenvalue weighted by Gasteiger charge is -2.38. The molecule has 1 aliphatic heterocycles. The van der Waals surface area contributed by atoms with Crippen LogP contribution >= 0.6 is 0 Å². The number of hydrogen-bond acceptors (Lipinski definition) is 5. The van der Waals surface area contributed by atoms with E-state index in [-0.39, 0.29) is 24.9 Å². The van der Waals surface area contributed by atoms with Crippen LogP contribution in [0.4, 0.5) is 10.1 Å². The minimum Gasteiger partial charge on any atom is -0.496 e. The Morgan fingerprint density at radius 2 is 1.91 bits per heavy atom. The summed E-state index contributed by atoms with van der Waals surface area (Å²) in [5.41, 5.74) is 3.28. The molecule has 3 aromatic carbocycles.